The lowest BCUT2D eigenvalue weighted by Gasteiger charge is -2.39. The predicted octanol–water partition coefficient (Wildman–Crippen LogP) is 4.52. The second-order valence-corrected chi connectivity index (χ2v) is 11.9. The molecule has 0 radical (unpaired) electrons. The fraction of sp³-hybridized carbons (Fsp3) is 0.571. The Morgan fingerprint density at radius 3 is 2.68 bits per heavy atom. The Kier molecular flexibility index (Phi) is 6.82. The van der Waals surface area contributed by atoms with Gasteiger partial charge in [-0.1, -0.05) is 11.6 Å². The Labute approximate surface area is 240 Å². The average molecular weight is 589 g/mol. The van der Waals surface area contributed by atoms with E-state index in [1.54, 1.807) is 0 Å². The van der Waals surface area contributed by atoms with E-state index in [-0.39, 0.29) is 45.3 Å². The van der Waals surface area contributed by atoms with E-state index in [0.717, 1.165) is 70.8 Å². The second-order valence-electron chi connectivity index (χ2n) is 11.5. The fourth-order valence-corrected chi connectivity index (χ4v) is 7.49. The van der Waals surface area contributed by atoms with Crippen molar-refractivity contribution in [3.05, 3.63) is 28.2 Å². The number of piperazine rings is 1. The van der Waals surface area contributed by atoms with Crippen LogP contribution in [0.2, 0.25) is 5.02 Å². The van der Waals surface area contributed by atoms with E-state index in [0.29, 0.717) is 36.5 Å². The number of alkyl halides is 2. The van der Waals surface area contributed by atoms with Gasteiger partial charge >= 0.3 is 6.01 Å². The molecule has 0 amide bonds. The van der Waals surface area contributed by atoms with Gasteiger partial charge in [0.2, 0.25) is 0 Å². The number of ether oxygens (including phenoxy) is 1. The van der Waals surface area contributed by atoms with Gasteiger partial charge in [0.05, 0.1) is 27.2 Å². The fourth-order valence-electron chi connectivity index (χ4n) is 7.21. The maximum Gasteiger partial charge on any atom is 0.319 e. The van der Waals surface area contributed by atoms with Crippen LogP contribution in [-0.2, 0) is 6.42 Å². The number of halogens is 4. The molecule has 0 bridgehead atoms. The van der Waals surface area contributed by atoms with E-state index in [1.165, 1.54) is 0 Å². The predicted molar refractivity (Wildman–Crippen MR) is 150 cm³/mol. The number of nitrogens with zero attached hydrogens (tertiary/aromatic N) is 6. The Bertz CT molecular complexity index is 1500. The minimum Gasteiger partial charge on any atom is -0.461 e. The van der Waals surface area contributed by atoms with Crippen LogP contribution >= 0.6 is 11.6 Å². The summed E-state index contributed by atoms with van der Waals surface area (Å²) in [7, 11) is 0. The summed E-state index contributed by atoms with van der Waals surface area (Å²) in [6, 6.07) is 1.38. The summed E-state index contributed by atoms with van der Waals surface area (Å²) in [6.45, 7) is 4.72. The highest BCUT2D eigenvalue weighted by Gasteiger charge is 2.45. The van der Waals surface area contributed by atoms with Gasteiger partial charge in [-0.3, -0.25) is 4.90 Å². The van der Waals surface area contributed by atoms with E-state index >= 15 is 4.39 Å². The third-order valence-corrected chi connectivity index (χ3v) is 9.46. The van der Waals surface area contributed by atoms with Crippen molar-refractivity contribution in [3.63, 3.8) is 0 Å². The Hall–Kier alpha value is -2.96. The number of fused-ring (bicyclic) bond motifs is 3. The molecule has 4 aliphatic heterocycles. The number of rotatable bonds is 5. The van der Waals surface area contributed by atoms with Gasteiger partial charge < -0.3 is 20.7 Å². The minimum absolute atomic E-state index is 0.0167. The van der Waals surface area contributed by atoms with Gasteiger partial charge in [-0.25, -0.2) is 23.1 Å². The monoisotopic (exact) mass is 588 g/mol. The first kappa shape index (κ1) is 26.9. The number of nitrogen functional groups attached to an aromatic ring is 1. The maximum atomic E-state index is 16.6. The van der Waals surface area contributed by atoms with E-state index < -0.39 is 17.8 Å². The smallest absolute Gasteiger partial charge is 0.319 e. The number of hydrogen-bond acceptors (Lipinski definition) is 9. The SMILES string of the molecule is Nc1cc(Cl)c(C(F)F)c(-c2nc3c4c(nc(OCC56CCCN5CCC6)nc4c2F)N2CCNCC2CCC3)n1. The zero-order valence-electron chi connectivity index (χ0n) is 22.6. The molecule has 3 aromatic heterocycles. The van der Waals surface area contributed by atoms with Gasteiger partial charge in [-0.2, -0.15) is 9.97 Å². The average Bonchev–Trinajstić information content (AvgIpc) is 3.52. The van der Waals surface area contributed by atoms with Gasteiger partial charge in [0, 0.05) is 25.7 Å². The molecule has 3 saturated heterocycles. The molecular weight excluding hydrogens is 557 g/mol. The summed E-state index contributed by atoms with van der Waals surface area (Å²) in [5.41, 5.74) is 4.99. The van der Waals surface area contributed by atoms with Crippen molar-refractivity contribution in [2.24, 2.45) is 0 Å². The van der Waals surface area contributed by atoms with Crippen LogP contribution in [0.3, 0.4) is 0 Å². The summed E-state index contributed by atoms with van der Waals surface area (Å²) < 4.78 is 51.2. The van der Waals surface area contributed by atoms with Gasteiger partial charge in [0.15, 0.2) is 5.82 Å². The van der Waals surface area contributed by atoms with Crippen molar-refractivity contribution in [2.45, 2.75) is 63.0 Å². The lowest BCUT2D eigenvalue weighted by atomic mass is 9.95. The molecule has 41 heavy (non-hydrogen) atoms. The highest BCUT2D eigenvalue weighted by atomic mass is 35.5. The number of pyridine rings is 2. The van der Waals surface area contributed by atoms with Crippen LogP contribution in [0.15, 0.2) is 6.07 Å². The summed E-state index contributed by atoms with van der Waals surface area (Å²) >= 11 is 6.14. The zero-order valence-corrected chi connectivity index (χ0v) is 23.4. The van der Waals surface area contributed by atoms with E-state index in [1.807, 2.05) is 0 Å². The number of nitrogens with two attached hydrogens (primary N) is 1. The largest absolute Gasteiger partial charge is 0.461 e. The van der Waals surface area contributed by atoms with Crippen molar-refractivity contribution in [3.8, 4) is 17.4 Å². The summed E-state index contributed by atoms with van der Waals surface area (Å²) in [6.07, 6.45) is 3.45. The lowest BCUT2D eigenvalue weighted by Crippen LogP contribution is -2.52. The first-order valence-electron chi connectivity index (χ1n) is 14.3. The summed E-state index contributed by atoms with van der Waals surface area (Å²) in [5.74, 6) is -0.405. The Morgan fingerprint density at radius 2 is 1.90 bits per heavy atom. The van der Waals surface area contributed by atoms with Crippen molar-refractivity contribution in [1.29, 1.82) is 0 Å². The van der Waals surface area contributed by atoms with Crippen LogP contribution in [0.5, 0.6) is 6.01 Å². The zero-order chi connectivity index (χ0) is 28.3. The van der Waals surface area contributed by atoms with Crippen molar-refractivity contribution in [1.82, 2.24) is 30.2 Å². The minimum atomic E-state index is -3.01. The van der Waals surface area contributed by atoms with Crippen molar-refractivity contribution in [2.75, 3.05) is 50.0 Å². The number of aryl methyl sites for hydroxylation is 1. The van der Waals surface area contributed by atoms with E-state index in [2.05, 4.69) is 30.1 Å². The molecule has 0 aromatic carbocycles. The molecule has 4 aliphatic rings. The lowest BCUT2D eigenvalue weighted by molar-refractivity contribution is 0.108. The van der Waals surface area contributed by atoms with Crippen LogP contribution in [0, 0.1) is 5.82 Å². The number of anilines is 2. The Morgan fingerprint density at radius 1 is 1.10 bits per heavy atom. The Balaban J connectivity index is 1.42. The standard InChI is InChI=1S/C28H32ClF3N8O/c29-16-12-18(33)36-23(19(16)25(31)32)24-21(30)22-20-17(35-24)5-1-4-15-13-34-8-11-40(15)26(20)38-27(37-22)41-14-28-6-2-9-39(28)10-3-7-28/h12,15,25,34H,1-11,13-14H2,(H2,33,36). The topological polar surface area (TPSA) is 105 Å². The highest BCUT2D eigenvalue weighted by Crippen LogP contribution is 2.42. The quantitative estimate of drug-likeness (QED) is 0.445. The molecule has 3 fully saturated rings. The van der Waals surface area contributed by atoms with Gasteiger partial charge in [-0.05, 0) is 64.1 Å². The maximum absolute atomic E-state index is 16.6. The molecule has 0 saturated carbocycles. The second kappa shape index (κ2) is 10.4. The van der Waals surface area contributed by atoms with Crippen LogP contribution in [0.25, 0.3) is 22.3 Å². The van der Waals surface area contributed by atoms with Crippen LogP contribution < -0.4 is 20.7 Å². The first-order chi connectivity index (χ1) is 19.8. The first-order valence-corrected chi connectivity index (χ1v) is 14.7. The number of hydrogen-bond donors (Lipinski definition) is 2. The van der Waals surface area contributed by atoms with Gasteiger partial charge in [0.1, 0.15) is 35.1 Å². The third kappa shape index (κ3) is 4.54. The summed E-state index contributed by atoms with van der Waals surface area (Å²) in [4.78, 5) is 22.8. The molecule has 0 spiro atoms. The summed E-state index contributed by atoms with van der Waals surface area (Å²) in [5, 5.41) is 3.64. The molecular formula is C28H32ClF3N8O. The molecule has 3 N–H and O–H groups in total. The van der Waals surface area contributed by atoms with E-state index in [9.17, 15) is 8.78 Å². The van der Waals surface area contributed by atoms with Crippen LogP contribution in [-0.4, -0.2) is 75.7 Å². The molecule has 1 unspecified atom stereocenters. The van der Waals surface area contributed by atoms with Crippen LogP contribution in [0.4, 0.5) is 24.8 Å². The van der Waals surface area contributed by atoms with Crippen LogP contribution in [0.1, 0.15) is 56.2 Å². The molecule has 3 aromatic rings. The molecule has 9 nitrogen and oxygen atoms in total. The van der Waals surface area contributed by atoms with E-state index in [4.69, 9.17) is 27.1 Å². The molecule has 0 aliphatic carbocycles. The molecule has 13 heteroatoms. The van der Waals surface area contributed by atoms with Gasteiger partial charge in [-0.15, -0.1) is 0 Å². The molecule has 7 rings (SSSR count). The molecule has 218 valence electrons. The molecule has 7 heterocycles. The third-order valence-electron chi connectivity index (χ3n) is 9.15. The van der Waals surface area contributed by atoms with Crippen molar-refractivity contribution >= 4 is 34.1 Å². The van der Waals surface area contributed by atoms with Crippen molar-refractivity contribution < 1.29 is 17.9 Å². The molecule has 1 atom stereocenters. The number of nitrogens with one attached hydrogen (secondary N) is 1. The highest BCUT2D eigenvalue weighted by molar-refractivity contribution is 6.32. The van der Waals surface area contributed by atoms with Gasteiger partial charge in [0.25, 0.3) is 6.43 Å². The number of aromatic nitrogens is 4. The normalized spacial score (nSPS) is 22.1.